The third-order valence-electron chi connectivity index (χ3n) is 3.11. The Kier molecular flexibility index (Phi) is 4.09. The Hall–Kier alpha value is -0.720. The predicted octanol–water partition coefficient (Wildman–Crippen LogP) is 1.92. The fraction of sp³-hybridized carbons (Fsp3) is 0.800. The molecule has 3 N–H and O–H groups in total. The molecular formula is C10H18N4OS. The Morgan fingerprint density at radius 2 is 2.19 bits per heavy atom. The molecule has 0 spiro atoms. The Bertz CT molecular complexity index is 322. The number of nitrogens with zero attached hydrogens (tertiary/aromatic N) is 2. The summed E-state index contributed by atoms with van der Waals surface area (Å²) in [7, 11) is 0. The molecule has 0 amide bonds. The van der Waals surface area contributed by atoms with E-state index in [9.17, 15) is 0 Å². The molecule has 16 heavy (non-hydrogen) atoms. The van der Waals surface area contributed by atoms with E-state index in [2.05, 4.69) is 21.9 Å². The van der Waals surface area contributed by atoms with E-state index in [-0.39, 0.29) is 0 Å². The zero-order valence-electron chi connectivity index (χ0n) is 9.48. The number of nitrogens with two attached hydrogens (primary N) is 1. The fourth-order valence-electron chi connectivity index (χ4n) is 2.01. The van der Waals surface area contributed by atoms with Gasteiger partial charge in [0.15, 0.2) is 0 Å². The highest BCUT2D eigenvalue weighted by Gasteiger charge is 2.19. The molecule has 1 aliphatic carbocycles. The third kappa shape index (κ3) is 2.90. The van der Waals surface area contributed by atoms with Gasteiger partial charge in [-0.1, -0.05) is 11.4 Å². The van der Waals surface area contributed by atoms with Crippen LogP contribution in [0.15, 0.2) is 0 Å². The molecule has 1 aliphatic rings. The van der Waals surface area contributed by atoms with Gasteiger partial charge >= 0.3 is 0 Å². The normalized spacial score (nSPS) is 25.6. The van der Waals surface area contributed by atoms with Crippen LogP contribution in [0.2, 0.25) is 0 Å². The number of hydrazine groups is 1. The smallest absolute Gasteiger partial charge is 0.149 e. The molecule has 0 saturated heterocycles. The molecule has 5 nitrogen and oxygen atoms in total. The molecule has 6 heteroatoms. The highest BCUT2D eigenvalue weighted by molar-refractivity contribution is 7.10. The Morgan fingerprint density at radius 3 is 2.88 bits per heavy atom. The minimum Gasteiger partial charge on any atom is -0.372 e. The molecule has 1 saturated carbocycles. The van der Waals surface area contributed by atoms with Crippen molar-refractivity contribution in [3.63, 3.8) is 0 Å². The molecule has 2 rings (SSSR count). The Balaban J connectivity index is 1.79. The van der Waals surface area contributed by atoms with Crippen molar-refractivity contribution >= 4 is 16.5 Å². The van der Waals surface area contributed by atoms with Crippen LogP contribution in [-0.4, -0.2) is 15.7 Å². The largest absolute Gasteiger partial charge is 0.372 e. The minimum absolute atomic E-state index is 0.378. The number of ether oxygens (including phenoxy) is 1. The molecule has 1 aromatic rings. The van der Waals surface area contributed by atoms with Gasteiger partial charge in [0.2, 0.25) is 0 Å². The van der Waals surface area contributed by atoms with Crippen molar-refractivity contribution in [2.45, 2.75) is 45.3 Å². The lowest BCUT2D eigenvalue weighted by Crippen LogP contribution is -2.20. The zero-order valence-corrected chi connectivity index (χ0v) is 10.3. The van der Waals surface area contributed by atoms with Crippen LogP contribution in [0.1, 0.15) is 38.3 Å². The van der Waals surface area contributed by atoms with E-state index in [1.807, 2.05) is 0 Å². The average Bonchev–Trinajstić information content (AvgIpc) is 2.76. The van der Waals surface area contributed by atoms with E-state index in [1.165, 1.54) is 24.4 Å². The van der Waals surface area contributed by atoms with Crippen LogP contribution >= 0.6 is 11.5 Å². The van der Waals surface area contributed by atoms with Crippen molar-refractivity contribution in [2.75, 3.05) is 5.43 Å². The first kappa shape index (κ1) is 11.8. The summed E-state index contributed by atoms with van der Waals surface area (Å²) in [6.07, 6.45) is 5.22. The van der Waals surface area contributed by atoms with Gasteiger partial charge in [0.25, 0.3) is 0 Å². The molecule has 0 radical (unpaired) electrons. The standard InChI is InChI=1S/C10H18N4OS/c1-7-2-4-8(5-3-7)15-6-9-10(12-11)16-14-13-9/h7-8,12H,2-6,11H2,1H3. The van der Waals surface area contributed by atoms with Gasteiger partial charge in [0, 0.05) is 11.5 Å². The van der Waals surface area contributed by atoms with Crippen molar-refractivity contribution in [1.29, 1.82) is 0 Å². The average molecular weight is 242 g/mol. The second kappa shape index (κ2) is 5.56. The van der Waals surface area contributed by atoms with E-state index in [4.69, 9.17) is 10.6 Å². The van der Waals surface area contributed by atoms with Gasteiger partial charge in [0.05, 0.1) is 12.7 Å². The Morgan fingerprint density at radius 1 is 1.44 bits per heavy atom. The van der Waals surface area contributed by atoms with Crippen LogP contribution in [0, 0.1) is 5.92 Å². The van der Waals surface area contributed by atoms with Crippen LogP contribution in [0.4, 0.5) is 5.00 Å². The second-order valence-corrected chi connectivity index (χ2v) is 5.14. The molecule has 1 aromatic heterocycles. The molecule has 0 atom stereocenters. The molecule has 0 unspecified atom stereocenters. The quantitative estimate of drug-likeness (QED) is 0.623. The van der Waals surface area contributed by atoms with Crippen LogP contribution in [0.5, 0.6) is 0 Å². The maximum atomic E-state index is 5.83. The van der Waals surface area contributed by atoms with Gasteiger partial charge in [-0.15, -0.1) is 5.10 Å². The number of nitrogens with one attached hydrogen (secondary N) is 1. The highest BCUT2D eigenvalue weighted by Crippen LogP contribution is 2.27. The van der Waals surface area contributed by atoms with Crippen molar-refractivity contribution in [3.8, 4) is 0 Å². The zero-order chi connectivity index (χ0) is 11.4. The van der Waals surface area contributed by atoms with Crippen LogP contribution in [0.25, 0.3) is 0 Å². The summed E-state index contributed by atoms with van der Waals surface area (Å²) in [5, 5.41) is 4.78. The van der Waals surface area contributed by atoms with Crippen LogP contribution in [0.3, 0.4) is 0 Å². The van der Waals surface area contributed by atoms with Gasteiger partial charge in [-0.25, -0.2) is 5.84 Å². The molecule has 0 bridgehead atoms. The summed E-state index contributed by atoms with van der Waals surface area (Å²) in [4.78, 5) is 0. The van der Waals surface area contributed by atoms with E-state index in [0.717, 1.165) is 29.5 Å². The van der Waals surface area contributed by atoms with Crippen LogP contribution in [-0.2, 0) is 11.3 Å². The summed E-state index contributed by atoms with van der Waals surface area (Å²) >= 11 is 1.26. The first-order valence-electron chi connectivity index (χ1n) is 5.69. The second-order valence-electron chi connectivity index (χ2n) is 4.39. The van der Waals surface area contributed by atoms with Gasteiger partial charge in [0.1, 0.15) is 10.7 Å². The number of nitrogen functional groups attached to an aromatic ring is 1. The molecule has 1 heterocycles. The highest BCUT2D eigenvalue weighted by atomic mass is 32.1. The van der Waals surface area contributed by atoms with Gasteiger partial charge < -0.3 is 10.2 Å². The monoisotopic (exact) mass is 242 g/mol. The molecule has 1 fully saturated rings. The SMILES string of the molecule is CC1CCC(OCc2nnsc2NN)CC1. The van der Waals surface area contributed by atoms with Crippen molar-refractivity contribution in [2.24, 2.45) is 11.8 Å². The lowest BCUT2D eigenvalue weighted by Gasteiger charge is -2.25. The van der Waals surface area contributed by atoms with Crippen molar-refractivity contribution in [1.82, 2.24) is 9.59 Å². The number of anilines is 1. The van der Waals surface area contributed by atoms with E-state index >= 15 is 0 Å². The number of hydrogen-bond acceptors (Lipinski definition) is 6. The summed E-state index contributed by atoms with van der Waals surface area (Å²) < 4.78 is 9.66. The van der Waals surface area contributed by atoms with E-state index in [0.29, 0.717) is 12.7 Å². The van der Waals surface area contributed by atoms with Crippen molar-refractivity contribution in [3.05, 3.63) is 5.69 Å². The van der Waals surface area contributed by atoms with E-state index < -0.39 is 0 Å². The number of hydrogen-bond donors (Lipinski definition) is 2. The lowest BCUT2D eigenvalue weighted by molar-refractivity contribution is 0.00751. The maximum absolute atomic E-state index is 5.83. The number of rotatable bonds is 4. The lowest BCUT2D eigenvalue weighted by atomic mass is 9.89. The Labute approximate surface area is 99.5 Å². The molecule has 0 aliphatic heterocycles. The topological polar surface area (TPSA) is 73.1 Å². The minimum atomic E-state index is 0.378. The summed E-state index contributed by atoms with van der Waals surface area (Å²) in [6, 6.07) is 0. The summed E-state index contributed by atoms with van der Waals surface area (Å²) in [5.74, 6) is 6.20. The summed E-state index contributed by atoms with van der Waals surface area (Å²) in [6.45, 7) is 2.81. The molecule has 0 aromatic carbocycles. The fourth-order valence-corrected chi connectivity index (χ4v) is 2.48. The maximum Gasteiger partial charge on any atom is 0.149 e. The number of aromatic nitrogens is 2. The van der Waals surface area contributed by atoms with Crippen molar-refractivity contribution < 1.29 is 4.74 Å². The first-order chi connectivity index (χ1) is 7.79. The first-order valence-corrected chi connectivity index (χ1v) is 6.46. The predicted molar refractivity (Wildman–Crippen MR) is 63.9 cm³/mol. The van der Waals surface area contributed by atoms with E-state index in [1.54, 1.807) is 0 Å². The molecule has 90 valence electrons. The van der Waals surface area contributed by atoms with Gasteiger partial charge in [-0.05, 0) is 31.6 Å². The van der Waals surface area contributed by atoms with Crippen LogP contribution < -0.4 is 11.3 Å². The third-order valence-corrected chi connectivity index (χ3v) is 3.80. The summed E-state index contributed by atoms with van der Waals surface area (Å²) in [5.41, 5.74) is 3.40. The van der Waals surface area contributed by atoms with Gasteiger partial charge in [-0.2, -0.15) is 0 Å². The van der Waals surface area contributed by atoms with Gasteiger partial charge in [-0.3, -0.25) is 0 Å². The molecular weight excluding hydrogens is 224 g/mol.